The normalized spacial score (nSPS) is 23.1. The molecular weight excluding hydrogens is 236 g/mol. The minimum absolute atomic E-state index is 0.557. The lowest BCUT2D eigenvalue weighted by molar-refractivity contribution is 0.349. The Bertz CT molecular complexity index is 405. The topological polar surface area (TPSA) is 49.8 Å². The Labute approximate surface area is 116 Å². The highest BCUT2D eigenvalue weighted by molar-refractivity contribution is 5.48. The average molecular weight is 262 g/mol. The highest BCUT2D eigenvalue weighted by Crippen LogP contribution is 2.26. The van der Waals surface area contributed by atoms with E-state index in [0.717, 1.165) is 36.3 Å². The van der Waals surface area contributed by atoms with Gasteiger partial charge in [0.1, 0.15) is 17.5 Å². The zero-order valence-corrected chi connectivity index (χ0v) is 12.4. The monoisotopic (exact) mass is 262 g/mol. The summed E-state index contributed by atoms with van der Waals surface area (Å²) in [5.41, 5.74) is 0. The molecule has 1 saturated carbocycles. The van der Waals surface area contributed by atoms with Crippen LogP contribution in [0.25, 0.3) is 0 Å². The summed E-state index contributed by atoms with van der Waals surface area (Å²) in [4.78, 5) is 8.93. The van der Waals surface area contributed by atoms with Gasteiger partial charge < -0.3 is 10.6 Å². The van der Waals surface area contributed by atoms with Gasteiger partial charge in [-0.15, -0.1) is 0 Å². The van der Waals surface area contributed by atoms with Gasteiger partial charge >= 0.3 is 0 Å². The second-order valence-corrected chi connectivity index (χ2v) is 5.62. The van der Waals surface area contributed by atoms with Crippen LogP contribution >= 0.6 is 0 Å². The molecule has 4 heteroatoms. The van der Waals surface area contributed by atoms with Crippen LogP contribution < -0.4 is 10.6 Å². The number of aryl methyl sites for hydroxylation is 1. The van der Waals surface area contributed by atoms with Gasteiger partial charge in [0.05, 0.1) is 0 Å². The second kappa shape index (κ2) is 6.73. The first kappa shape index (κ1) is 14.1. The highest BCUT2D eigenvalue weighted by Gasteiger charge is 2.21. The van der Waals surface area contributed by atoms with Gasteiger partial charge in [-0.1, -0.05) is 26.7 Å². The Morgan fingerprint density at radius 2 is 1.95 bits per heavy atom. The van der Waals surface area contributed by atoms with Crippen molar-refractivity contribution < 1.29 is 0 Å². The van der Waals surface area contributed by atoms with Crippen molar-refractivity contribution in [2.24, 2.45) is 5.92 Å². The van der Waals surface area contributed by atoms with Crippen LogP contribution in [0.5, 0.6) is 0 Å². The van der Waals surface area contributed by atoms with Gasteiger partial charge in [-0.3, -0.25) is 0 Å². The third-order valence-electron chi connectivity index (χ3n) is 3.84. The molecule has 1 aliphatic carbocycles. The van der Waals surface area contributed by atoms with Crippen molar-refractivity contribution in [1.29, 1.82) is 0 Å². The molecule has 19 heavy (non-hydrogen) atoms. The number of hydrogen-bond donors (Lipinski definition) is 2. The van der Waals surface area contributed by atoms with Gasteiger partial charge in [-0.25, -0.2) is 9.97 Å². The summed E-state index contributed by atoms with van der Waals surface area (Å²) in [6.45, 7) is 7.40. The lowest BCUT2D eigenvalue weighted by Crippen LogP contribution is -2.30. The van der Waals surface area contributed by atoms with Crippen LogP contribution in [-0.4, -0.2) is 22.6 Å². The molecule has 1 aliphatic rings. The Kier molecular flexibility index (Phi) is 5.00. The first-order chi connectivity index (χ1) is 9.19. The Morgan fingerprint density at radius 3 is 2.68 bits per heavy atom. The van der Waals surface area contributed by atoms with E-state index in [-0.39, 0.29) is 0 Å². The zero-order valence-electron chi connectivity index (χ0n) is 12.4. The molecule has 0 radical (unpaired) electrons. The van der Waals surface area contributed by atoms with E-state index in [1.54, 1.807) is 0 Å². The van der Waals surface area contributed by atoms with Gasteiger partial charge in [-0.2, -0.15) is 0 Å². The molecule has 0 amide bonds. The predicted octanol–water partition coefficient (Wildman–Crippen LogP) is 3.60. The molecule has 2 atom stereocenters. The average Bonchev–Trinajstić information content (AvgIpc) is 2.38. The van der Waals surface area contributed by atoms with Crippen LogP contribution in [0.4, 0.5) is 11.6 Å². The maximum Gasteiger partial charge on any atom is 0.132 e. The summed E-state index contributed by atoms with van der Waals surface area (Å²) in [5.74, 6) is 3.45. The number of rotatable bonds is 5. The number of nitrogens with one attached hydrogen (secondary N) is 2. The molecule has 106 valence electrons. The summed E-state index contributed by atoms with van der Waals surface area (Å²) in [5, 5.41) is 6.93. The maximum atomic E-state index is 4.51. The van der Waals surface area contributed by atoms with Crippen molar-refractivity contribution in [1.82, 2.24) is 9.97 Å². The van der Waals surface area contributed by atoms with E-state index in [1.165, 1.54) is 25.7 Å². The van der Waals surface area contributed by atoms with Crippen molar-refractivity contribution in [3.05, 3.63) is 11.9 Å². The lowest BCUT2D eigenvalue weighted by Gasteiger charge is -2.30. The minimum atomic E-state index is 0.557. The van der Waals surface area contributed by atoms with Crippen LogP contribution in [0.3, 0.4) is 0 Å². The van der Waals surface area contributed by atoms with Crippen LogP contribution in [0, 0.1) is 12.8 Å². The number of anilines is 2. The van der Waals surface area contributed by atoms with E-state index < -0.39 is 0 Å². The molecule has 0 bridgehead atoms. The minimum Gasteiger partial charge on any atom is -0.370 e. The first-order valence-electron chi connectivity index (χ1n) is 7.55. The molecule has 0 aromatic carbocycles. The Hall–Kier alpha value is -1.32. The highest BCUT2D eigenvalue weighted by atomic mass is 15.1. The summed E-state index contributed by atoms with van der Waals surface area (Å²) in [7, 11) is 0. The molecule has 0 aliphatic heterocycles. The van der Waals surface area contributed by atoms with Crippen LogP contribution in [0.2, 0.25) is 0 Å². The van der Waals surface area contributed by atoms with Crippen molar-refractivity contribution in [3.63, 3.8) is 0 Å². The standard InChI is InChI=1S/C15H26N4/c1-4-9-16-14-10-15(18-12(3)17-14)19-13-8-6-5-7-11(13)2/h10-11,13H,4-9H2,1-3H3,(H2,16,17,18,19). The molecule has 1 aromatic rings. The van der Waals surface area contributed by atoms with E-state index in [2.05, 4.69) is 34.4 Å². The molecule has 2 N–H and O–H groups in total. The van der Waals surface area contributed by atoms with Gasteiger partial charge in [0, 0.05) is 18.7 Å². The summed E-state index contributed by atoms with van der Waals surface area (Å²) in [6.07, 6.45) is 6.37. The Balaban J connectivity index is 2.04. The van der Waals surface area contributed by atoms with E-state index in [0.29, 0.717) is 6.04 Å². The summed E-state index contributed by atoms with van der Waals surface area (Å²) < 4.78 is 0. The van der Waals surface area contributed by atoms with Crippen LogP contribution in [-0.2, 0) is 0 Å². The predicted molar refractivity (Wildman–Crippen MR) is 80.6 cm³/mol. The van der Waals surface area contributed by atoms with Gasteiger partial charge in [0.15, 0.2) is 0 Å². The first-order valence-corrected chi connectivity index (χ1v) is 7.55. The van der Waals surface area contributed by atoms with Crippen molar-refractivity contribution in [2.75, 3.05) is 17.2 Å². The molecule has 1 heterocycles. The van der Waals surface area contributed by atoms with Crippen LogP contribution in [0.15, 0.2) is 6.07 Å². The number of aromatic nitrogens is 2. The molecule has 2 unspecified atom stereocenters. The SMILES string of the molecule is CCCNc1cc(NC2CCCCC2C)nc(C)n1. The fourth-order valence-corrected chi connectivity index (χ4v) is 2.71. The summed E-state index contributed by atoms with van der Waals surface area (Å²) in [6, 6.07) is 2.59. The van der Waals surface area contributed by atoms with Gasteiger partial charge in [0.25, 0.3) is 0 Å². The Morgan fingerprint density at radius 1 is 1.21 bits per heavy atom. The van der Waals surface area contributed by atoms with Gasteiger partial charge in [0.2, 0.25) is 0 Å². The van der Waals surface area contributed by atoms with E-state index in [4.69, 9.17) is 0 Å². The van der Waals surface area contributed by atoms with Crippen molar-refractivity contribution in [3.8, 4) is 0 Å². The summed E-state index contributed by atoms with van der Waals surface area (Å²) >= 11 is 0. The largest absolute Gasteiger partial charge is 0.370 e. The van der Waals surface area contributed by atoms with E-state index in [9.17, 15) is 0 Å². The second-order valence-electron chi connectivity index (χ2n) is 5.62. The molecule has 4 nitrogen and oxygen atoms in total. The number of nitrogens with zero attached hydrogens (tertiary/aromatic N) is 2. The van der Waals surface area contributed by atoms with E-state index in [1.807, 2.05) is 13.0 Å². The van der Waals surface area contributed by atoms with E-state index >= 15 is 0 Å². The maximum absolute atomic E-state index is 4.51. The molecular formula is C15H26N4. The van der Waals surface area contributed by atoms with Gasteiger partial charge in [-0.05, 0) is 32.1 Å². The molecule has 1 fully saturated rings. The van der Waals surface area contributed by atoms with Crippen LogP contribution in [0.1, 0.15) is 51.8 Å². The third kappa shape index (κ3) is 4.08. The molecule has 1 aromatic heterocycles. The quantitative estimate of drug-likeness (QED) is 0.851. The van der Waals surface area contributed by atoms with Crippen molar-refractivity contribution >= 4 is 11.6 Å². The number of hydrogen-bond acceptors (Lipinski definition) is 4. The van der Waals surface area contributed by atoms with Crippen molar-refractivity contribution in [2.45, 2.75) is 58.9 Å². The zero-order chi connectivity index (χ0) is 13.7. The molecule has 2 rings (SSSR count). The molecule has 0 spiro atoms. The third-order valence-corrected chi connectivity index (χ3v) is 3.84. The fraction of sp³-hybridized carbons (Fsp3) is 0.733. The smallest absolute Gasteiger partial charge is 0.132 e. The molecule has 0 saturated heterocycles. The fourth-order valence-electron chi connectivity index (χ4n) is 2.71. The lowest BCUT2D eigenvalue weighted by atomic mass is 9.86.